The Hall–Kier alpha value is -2.86. The number of halogens is 1. The van der Waals surface area contributed by atoms with Gasteiger partial charge in [-0.1, -0.05) is 41.4 Å². The van der Waals surface area contributed by atoms with E-state index in [0.717, 1.165) is 16.8 Å². The highest BCUT2D eigenvalue weighted by molar-refractivity contribution is 6.30. The second-order valence-corrected chi connectivity index (χ2v) is 9.12. The van der Waals surface area contributed by atoms with Crippen LogP contribution in [-0.2, 0) is 20.9 Å². The lowest BCUT2D eigenvalue weighted by molar-refractivity contribution is -0.139. The fourth-order valence-electron chi connectivity index (χ4n) is 4.45. The van der Waals surface area contributed by atoms with Crippen LogP contribution in [0.2, 0.25) is 5.02 Å². The van der Waals surface area contributed by atoms with Crippen LogP contribution >= 0.6 is 11.6 Å². The van der Waals surface area contributed by atoms with Crippen LogP contribution in [0.15, 0.2) is 48.5 Å². The van der Waals surface area contributed by atoms with E-state index in [9.17, 15) is 14.4 Å². The molecule has 2 fully saturated rings. The highest BCUT2D eigenvalue weighted by Gasteiger charge is 2.38. The van der Waals surface area contributed by atoms with Crippen LogP contribution in [0.4, 0.5) is 5.69 Å². The first-order valence-corrected chi connectivity index (χ1v) is 11.5. The van der Waals surface area contributed by atoms with Gasteiger partial charge in [0, 0.05) is 49.2 Å². The monoisotopic (exact) mass is 453 g/mol. The highest BCUT2D eigenvalue weighted by atomic mass is 35.5. The Balaban J connectivity index is 1.26. The van der Waals surface area contributed by atoms with E-state index in [1.54, 1.807) is 11.0 Å². The summed E-state index contributed by atoms with van der Waals surface area (Å²) < 4.78 is 0. The summed E-state index contributed by atoms with van der Waals surface area (Å²) in [6, 6.07) is 15.2. The fraction of sp³-hybridized carbons (Fsp3) is 0.400. The van der Waals surface area contributed by atoms with Gasteiger partial charge < -0.3 is 15.1 Å². The summed E-state index contributed by atoms with van der Waals surface area (Å²) >= 11 is 5.99. The Morgan fingerprint density at radius 1 is 1.06 bits per heavy atom. The number of carbonyl (C=O) groups is 3. The SMILES string of the molecule is Cc1ccc(N2CC(C(=O)N3CCC(C(=O)NCc4cccc(Cl)c4)CC3)CC2=O)cc1. The van der Waals surface area contributed by atoms with E-state index in [4.69, 9.17) is 11.6 Å². The number of amides is 3. The molecule has 0 radical (unpaired) electrons. The fourth-order valence-corrected chi connectivity index (χ4v) is 4.66. The highest BCUT2D eigenvalue weighted by Crippen LogP contribution is 2.28. The number of anilines is 1. The van der Waals surface area contributed by atoms with Crippen molar-refractivity contribution in [2.45, 2.75) is 32.7 Å². The zero-order chi connectivity index (χ0) is 22.7. The van der Waals surface area contributed by atoms with Crippen molar-refractivity contribution in [1.82, 2.24) is 10.2 Å². The number of hydrogen-bond acceptors (Lipinski definition) is 3. The van der Waals surface area contributed by atoms with Gasteiger partial charge in [0.1, 0.15) is 0 Å². The second kappa shape index (κ2) is 9.74. The number of hydrogen-bond donors (Lipinski definition) is 1. The van der Waals surface area contributed by atoms with Gasteiger partial charge in [0.15, 0.2) is 0 Å². The third kappa shape index (κ3) is 5.13. The molecule has 0 bridgehead atoms. The molecule has 2 heterocycles. The normalized spacial score (nSPS) is 19.3. The van der Waals surface area contributed by atoms with Gasteiger partial charge in [0.2, 0.25) is 17.7 Å². The topological polar surface area (TPSA) is 69.7 Å². The van der Waals surface area contributed by atoms with Gasteiger partial charge in [-0.05, 0) is 49.6 Å². The van der Waals surface area contributed by atoms with Crippen molar-refractivity contribution in [3.05, 3.63) is 64.7 Å². The predicted octanol–water partition coefficient (Wildman–Crippen LogP) is 3.56. The summed E-state index contributed by atoms with van der Waals surface area (Å²) in [5.41, 5.74) is 2.93. The maximum Gasteiger partial charge on any atom is 0.228 e. The van der Waals surface area contributed by atoms with Crippen LogP contribution in [0.5, 0.6) is 0 Å². The lowest BCUT2D eigenvalue weighted by Gasteiger charge is -2.33. The minimum atomic E-state index is -0.322. The molecule has 7 heteroatoms. The van der Waals surface area contributed by atoms with E-state index in [0.29, 0.717) is 44.0 Å². The average Bonchev–Trinajstić information content (AvgIpc) is 3.19. The number of carbonyl (C=O) groups excluding carboxylic acids is 3. The predicted molar refractivity (Wildman–Crippen MR) is 124 cm³/mol. The minimum Gasteiger partial charge on any atom is -0.352 e. The summed E-state index contributed by atoms with van der Waals surface area (Å²) in [4.78, 5) is 41.6. The number of likely N-dealkylation sites (tertiary alicyclic amines) is 1. The summed E-state index contributed by atoms with van der Waals surface area (Å²) in [5, 5.41) is 3.62. The van der Waals surface area contributed by atoms with Gasteiger partial charge in [0.25, 0.3) is 0 Å². The molecule has 2 aromatic rings. The zero-order valence-corrected chi connectivity index (χ0v) is 19.0. The van der Waals surface area contributed by atoms with Crippen LogP contribution in [-0.4, -0.2) is 42.3 Å². The van der Waals surface area contributed by atoms with Crippen molar-refractivity contribution in [3.63, 3.8) is 0 Å². The smallest absolute Gasteiger partial charge is 0.228 e. The van der Waals surface area contributed by atoms with E-state index in [2.05, 4.69) is 5.32 Å². The molecule has 2 aliphatic heterocycles. The molecule has 32 heavy (non-hydrogen) atoms. The standard InChI is InChI=1S/C25H28ClN3O3/c1-17-5-7-22(8-6-17)29-16-20(14-23(29)30)25(32)28-11-9-19(10-12-28)24(31)27-15-18-3-2-4-21(26)13-18/h2-8,13,19-20H,9-12,14-16H2,1H3,(H,27,31). The van der Waals surface area contributed by atoms with Crippen molar-refractivity contribution in [2.24, 2.45) is 11.8 Å². The average molecular weight is 454 g/mol. The largest absolute Gasteiger partial charge is 0.352 e. The molecule has 2 saturated heterocycles. The summed E-state index contributed by atoms with van der Waals surface area (Å²) in [5.74, 6) is -0.406. The van der Waals surface area contributed by atoms with Crippen LogP contribution in [0.3, 0.4) is 0 Å². The number of benzene rings is 2. The molecule has 168 valence electrons. The number of rotatable bonds is 5. The van der Waals surface area contributed by atoms with Gasteiger partial charge in [-0.2, -0.15) is 0 Å². The van der Waals surface area contributed by atoms with Crippen molar-refractivity contribution >= 4 is 35.0 Å². The van der Waals surface area contributed by atoms with Gasteiger partial charge in [-0.25, -0.2) is 0 Å². The first-order chi connectivity index (χ1) is 15.4. The molecular weight excluding hydrogens is 426 g/mol. The maximum absolute atomic E-state index is 13.0. The molecule has 1 atom stereocenters. The molecular formula is C25H28ClN3O3. The van der Waals surface area contributed by atoms with E-state index in [1.165, 1.54) is 0 Å². The van der Waals surface area contributed by atoms with Crippen molar-refractivity contribution in [2.75, 3.05) is 24.5 Å². The molecule has 0 saturated carbocycles. The Kier molecular flexibility index (Phi) is 6.80. The van der Waals surface area contributed by atoms with E-state index >= 15 is 0 Å². The van der Waals surface area contributed by atoms with Gasteiger partial charge >= 0.3 is 0 Å². The van der Waals surface area contributed by atoms with Crippen molar-refractivity contribution in [1.29, 1.82) is 0 Å². The Bertz CT molecular complexity index is 1000. The molecule has 3 amide bonds. The maximum atomic E-state index is 13.0. The van der Waals surface area contributed by atoms with E-state index < -0.39 is 0 Å². The minimum absolute atomic E-state index is 0.0116. The number of nitrogens with zero attached hydrogens (tertiary/aromatic N) is 2. The third-order valence-corrected chi connectivity index (χ3v) is 6.59. The molecule has 0 spiro atoms. The molecule has 1 N–H and O–H groups in total. The van der Waals surface area contributed by atoms with Crippen LogP contribution in [0.25, 0.3) is 0 Å². The first kappa shape index (κ1) is 22.3. The number of piperidine rings is 1. The molecule has 0 aromatic heterocycles. The quantitative estimate of drug-likeness (QED) is 0.752. The molecule has 0 aliphatic carbocycles. The molecule has 2 aromatic carbocycles. The van der Waals surface area contributed by atoms with Crippen molar-refractivity contribution < 1.29 is 14.4 Å². The first-order valence-electron chi connectivity index (χ1n) is 11.1. The molecule has 2 aliphatic rings. The molecule has 1 unspecified atom stereocenters. The Labute approximate surface area is 193 Å². The van der Waals surface area contributed by atoms with E-state index in [1.807, 2.05) is 54.3 Å². The molecule has 6 nitrogen and oxygen atoms in total. The van der Waals surface area contributed by atoms with Crippen LogP contribution < -0.4 is 10.2 Å². The summed E-state index contributed by atoms with van der Waals surface area (Å²) in [7, 11) is 0. The van der Waals surface area contributed by atoms with Gasteiger partial charge in [-0.15, -0.1) is 0 Å². The third-order valence-electron chi connectivity index (χ3n) is 6.35. The van der Waals surface area contributed by atoms with Gasteiger partial charge in [0.05, 0.1) is 5.92 Å². The van der Waals surface area contributed by atoms with E-state index in [-0.39, 0.29) is 36.0 Å². The Morgan fingerprint density at radius 2 is 1.78 bits per heavy atom. The second-order valence-electron chi connectivity index (χ2n) is 8.69. The number of aryl methyl sites for hydroxylation is 1. The van der Waals surface area contributed by atoms with Crippen molar-refractivity contribution in [3.8, 4) is 0 Å². The summed E-state index contributed by atoms with van der Waals surface area (Å²) in [6.45, 7) is 3.95. The lowest BCUT2D eigenvalue weighted by Crippen LogP contribution is -2.45. The summed E-state index contributed by atoms with van der Waals surface area (Å²) in [6.07, 6.45) is 1.51. The zero-order valence-electron chi connectivity index (χ0n) is 18.2. The van der Waals surface area contributed by atoms with Gasteiger partial charge in [-0.3, -0.25) is 14.4 Å². The Morgan fingerprint density at radius 3 is 2.47 bits per heavy atom. The van der Waals surface area contributed by atoms with Crippen LogP contribution in [0, 0.1) is 18.8 Å². The van der Waals surface area contributed by atoms with Crippen LogP contribution in [0.1, 0.15) is 30.4 Å². The lowest BCUT2D eigenvalue weighted by atomic mass is 9.94. The number of nitrogens with one attached hydrogen (secondary N) is 1. The molecule has 4 rings (SSSR count).